The third-order valence-electron chi connectivity index (χ3n) is 3.19. The summed E-state index contributed by atoms with van der Waals surface area (Å²) >= 11 is 0. The number of nitro benzene ring substituents is 2. The first-order valence-corrected chi connectivity index (χ1v) is 6.04. The summed E-state index contributed by atoms with van der Waals surface area (Å²) in [6, 6.07) is 6.72. The van der Waals surface area contributed by atoms with E-state index in [1.807, 2.05) is 0 Å². The highest BCUT2D eigenvalue weighted by Crippen LogP contribution is 2.36. The summed E-state index contributed by atoms with van der Waals surface area (Å²) in [7, 11) is 0. The van der Waals surface area contributed by atoms with Gasteiger partial charge in [-0.2, -0.15) is 0 Å². The summed E-state index contributed by atoms with van der Waals surface area (Å²) in [6.45, 7) is 3.37. The summed E-state index contributed by atoms with van der Waals surface area (Å²) < 4.78 is 0. The number of nitrogens with zero attached hydrogens (tertiary/aromatic N) is 2. The molecule has 0 spiro atoms. The van der Waals surface area contributed by atoms with Gasteiger partial charge in [-0.05, 0) is 48.7 Å². The van der Waals surface area contributed by atoms with Crippen molar-refractivity contribution < 1.29 is 15.0 Å². The van der Waals surface area contributed by atoms with Crippen LogP contribution in [0.3, 0.4) is 0 Å². The second-order valence-corrected chi connectivity index (χ2v) is 4.67. The van der Waals surface area contributed by atoms with E-state index in [9.17, 15) is 25.3 Å². The molecule has 0 unspecified atom stereocenters. The Hall–Kier alpha value is -2.96. The fourth-order valence-electron chi connectivity index (χ4n) is 2.14. The molecule has 7 heteroatoms. The topological polar surface area (TPSA) is 107 Å². The van der Waals surface area contributed by atoms with Crippen LogP contribution in [0, 0.1) is 34.1 Å². The molecule has 0 radical (unpaired) electrons. The van der Waals surface area contributed by atoms with Crippen LogP contribution in [0.1, 0.15) is 11.1 Å². The van der Waals surface area contributed by atoms with E-state index in [1.54, 1.807) is 26.0 Å². The molecule has 0 aromatic heterocycles. The van der Waals surface area contributed by atoms with Crippen molar-refractivity contribution in [3.63, 3.8) is 0 Å². The maximum atomic E-state index is 11.1. The number of phenolic OH excluding ortho intramolecular Hbond substituents is 1. The van der Waals surface area contributed by atoms with E-state index >= 15 is 0 Å². The average molecular weight is 288 g/mol. The molecule has 2 aromatic rings. The van der Waals surface area contributed by atoms with Crippen molar-refractivity contribution in [3.8, 4) is 16.9 Å². The van der Waals surface area contributed by atoms with E-state index in [-0.39, 0.29) is 22.7 Å². The van der Waals surface area contributed by atoms with Crippen molar-refractivity contribution in [1.29, 1.82) is 0 Å². The summed E-state index contributed by atoms with van der Waals surface area (Å²) in [5.74, 6) is 0.128. The monoisotopic (exact) mass is 288 g/mol. The first kappa shape index (κ1) is 14.4. The number of hydrogen-bond acceptors (Lipinski definition) is 5. The Balaban J connectivity index is 2.69. The molecule has 0 heterocycles. The number of aromatic hydroxyl groups is 1. The van der Waals surface area contributed by atoms with E-state index in [2.05, 4.69) is 0 Å². The lowest BCUT2D eigenvalue weighted by molar-refractivity contribution is -0.393. The molecule has 0 saturated heterocycles. The van der Waals surface area contributed by atoms with Crippen molar-refractivity contribution in [3.05, 3.63) is 61.7 Å². The lowest BCUT2D eigenvalue weighted by Crippen LogP contribution is -1.96. The van der Waals surface area contributed by atoms with Gasteiger partial charge < -0.3 is 5.11 Å². The zero-order chi connectivity index (χ0) is 15.7. The van der Waals surface area contributed by atoms with Gasteiger partial charge in [-0.3, -0.25) is 20.2 Å². The second kappa shape index (κ2) is 5.20. The maximum Gasteiger partial charge on any atom is 0.284 e. The molecule has 0 fully saturated rings. The smallest absolute Gasteiger partial charge is 0.284 e. The van der Waals surface area contributed by atoms with Gasteiger partial charge in [-0.25, -0.2) is 0 Å². The Bertz CT molecular complexity index is 732. The van der Waals surface area contributed by atoms with E-state index in [4.69, 9.17) is 0 Å². The minimum Gasteiger partial charge on any atom is -0.507 e. The number of phenols is 1. The zero-order valence-electron chi connectivity index (χ0n) is 11.4. The Kier molecular flexibility index (Phi) is 3.58. The Labute approximate surface area is 119 Å². The minimum absolute atomic E-state index is 0.128. The molecule has 0 saturated carbocycles. The Morgan fingerprint density at radius 1 is 0.952 bits per heavy atom. The van der Waals surface area contributed by atoms with Crippen LogP contribution in [0.15, 0.2) is 30.3 Å². The molecule has 0 amide bonds. The van der Waals surface area contributed by atoms with Crippen molar-refractivity contribution in [2.24, 2.45) is 0 Å². The second-order valence-electron chi connectivity index (χ2n) is 4.67. The molecule has 0 aliphatic heterocycles. The van der Waals surface area contributed by atoms with Crippen LogP contribution >= 0.6 is 0 Å². The fourth-order valence-corrected chi connectivity index (χ4v) is 2.14. The van der Waals surface area contributed by atoms with Crippen LogP contribution in [0.4, 0.5) is 11.4 Å². The van der Waals surface area contributed by atoms with Gasteiger partial charge in [-0.15, -0.1) is 0 Å². The number of nitro groups is 2. The number of rotatable bonds is 3. The molecule has 0 aliphatic carbocycles. The average Bonchev–Trinajstić information content (AvgIpc) is 2.43. The summed E-state index contributed by atoms with van der Waals surface area (Å²) in [4.78, 5) is 20.5. The number of benzene rings is 2. The molecule has 1 N–H and O–H groups in total. The van der Waals surface area contributed by atoms with Gasteiger partial charge in [0.25, 0.3) is 11.4 Å². The standard InChI is InChI=1S/C14H12N2O5/c1-8-5-10(6-9(2)14(8)17)12-4-3-11(15(18)19)7-13(12)16(20)21/h3-7,17H,1-2H3. The van der Waals surface area contributed by atoms with Gasteiger partial charge in [0.2, 0.25) is 0 Å². The third kappa shape index (κ3) is 2.66. The predicted molar refractivity (Wildman–Crippen MR) is 76.3 cm³/mol. The van der Waals surface area contributed by atoms with Crippen LogP contribution in [0.5, 0.6) is 5.75 Å². The molecule has 2 aromatic carbocycles. The van der Waals surface area contributed by atoms with E-state index in [1.165, 1.54) is 12.1 Å². The summed E-state index contributed by atoms with van der Waals surface area (Å²) in [6.07, 6.45) is 0. The molecule has 0 atom stereocenters. The number of non-ortho nitro benzene ring substituents is 1. The highest BCUT2D eigenvalue weighted by Gasteiger charge is 2.21. The molecule has 0 aliphatic rings. The van der Waals surface area contributed by atoms with E-state index < -0.39 is 9.85 Å². The van der Waals surface area contributed by atoms with Crippen LogP contribution in [-0.2, 0) is 0 Å². The zero-order valence-corrected chi connectivity index (χ0v) is 11.4. The summed E-state index contributed by atoms with van der Waals surface area (Å²) in [5.41, 5.74) is 1.29. The van der Waals surface area contributed by atoms with Crippen LogP contribution in [0.2, 0.25) is 0 Å². The van der Waals surface area contributed by atoms with E-state index in [0.717, 1.165) is 6.07 Å². The minimum atomic E-state index is -0.676. The molecule has 2 rings (SSSR count). The number of hydrogen-bond donors (Lipinski definition) is 1. The van der Waals surface area contributed by atoms with Gasteiger partial charge in [-0.1, -0.05) is 0 Å². The Morgan fingerprint density at radius 3 is 2.00 bits per heavy atom. The molecular formula is C14H12N2O5. The van der Waals surface area contributed by atoms with Crippen molar-refractivity contribution in [2.75, 3.05) is 0 Å². The van der Waals surface area contributed by atoms with Crippen molar-refractivity contribution in [2.45, 2.75) is 13.8 Å². The van der Waals surface area contributed by atoms with Gasteiger partial charge in [0.1, 0.15) is 5.75 Å². The lowest BCUT2D eigenvalue weighted by atomic mass is 9.98. The summed E-state index contributed by atoms with van der Waals surface area (Å²) in [5, 5.41) is 31.6. The highest BCUT2D eigenvalue weighted by atomic mass is 16.6. The largest absolute Gasteiger partial charge is 0.507 e. The molecular weight excluding hydrogens is 276 g/mol. The van der Waals surface area contributed by atoms with Gasteiger partial charge in [0.15, 0.2) is 0 Å². The highest BCUT2D eigenvalue weighted by molar-refractivity contribution is 5.77. The van der Waals surface area contributed by atoms with Crippen molar-refractivity contribution >= 4 is 11.4 Å². The Morgan fingerprint density at radius 2 is 1.52 bits per heavy atom. The molecule has 108 valence electrons. The predicted octanol–water partition coefficient (Wildman–Crippen LogP) is 3.49. The lowest BCUT2D eigenvalue weighted by Gasteiger charge is -2.08. The quantitative estimate of drug-likeness (QED) is 0.687. The first-order valence-electron chi connectivity index (χ1n) is 6.04. The molecule has 21 heavy (non-hydrogen) atoms. The number of aryl methyl sites for hydroxylation is 2. The normalized spacial score (nSPS) is 10.4. The fraction of sp³-hybridized carbons (Fsp3) is 0.143. The van der Waals surface area contributed by atoms with Crippen LogP contribution in [-0.4, -0.2) is 15.0 Å². The third-order valence-corrected chi connectivity index (χ3v) is 3.19. The van der Waals surface area contributed by atoms with Crippen LogP contribution in [0.25, 0.3) is 11.1 Å². The molecule has 0 bridgehead atoms. The van der Waals surface area contributed by atoms with Gasteiger partial charge in [0, 0.05) is 6.07 Å². The van der Waals surface area contributed by atoms with Crippen molar-refractivity contribution in [1.82, 2.24) is 0 Å². The SMILES string of the molecule is Cc1cc(-c2ccc([N+](=O)[O-])cc2[N+](=O)[O-])cc(C)c1O. The first-order chi connectivity index (χ1) is 9.81. The maximum absolute atomic E-state index is 11.1. The van der Waals surface area contributed by atoms with E-state index in [0.29, 0.717) is 16.7 Å². The van der Waals surface area contributed by atoms with Crippen LogP contribution < -0.4 is 0 Å². The van der Waals surface area contributed by atoms with Gasteiger partial charge >= 0.3 is 0 Å². The molecule has 7 nitrogen and oxygen atoms in total. The van der Waals surface area contributed by atoms with Gasteiger partial charge in [0.05, 0.1) is 21.5 Å².